The number of hydrogen-bond donors (Lipinski definition) is 0. The van der Waals surface area contributed by atoms with Crippen LogP contribution in [0.1, 0.15) is 24.8 Å². The molecule has 2 nitrogen and oxygen atoms in total. The van der Waals surface area contributed by atoms with Crippen LogP contribution in [-0.4, -0.2) is 30.2 Å². The molecule has 2 saturated heterocycles. The lowest BCUT2D eigenvalue weighted by atomic mass is 9.99. The topological polar surface area (TPSA) is 15.8 Å². The maximum atomic E-state index is 5.47. The molecular formula is C14H19NO. The second-order valence-corrected chi connectivity index (χ2v) is 4.89. The zero-order valence-electron chi connectivity index (χ0n) is 9.64. The van der Waals surface area contributed by atoms with Crippen molar-refractivity contribution in [1.29, 1.82) is 0 Å². The van der Waals surface area contributed by atoms with Gasteiger partial charge in [-0.15, -0.1) is 0 Å². The Morgan fingerprint density at radius 1 is 1.19 bits per heavy atom. The Bertz CT molecular complexity index is 334. The predicted molar refractivity (Wildman–Crippen MR) is 64.2 cm³/mol. The highest BCUT2D eigenvalue weighted by molar-refractivity contribution is 5.15. The summed E-state index contributed by atoms with van der Waals surface area (Å²) in [4.78, 5) is 2.61. The fourth-order valence-corrected chi connectivity index (χ4v) is 2.73. The van der Waals surface area contributed by atoms with Crippen molar-refractivity contribution in [3.8, 4) is 0 Å². The van der Waals surface area contributed by atoms with Gasteiger partial charge in [-0.1, -0.05) is 36.8 Å². The van der Waals surface area contributed by atoms with E-state index in [1.54, 1.807) is 0 Å². The van der Waals surface area contributed by atoms with Crippen molar-refractivity contribution >= 4 is 0 Å². The summed E-state index contributed by atoms with van der Waals surface area (Å²) in [6.07, 6.45) is 4.56. The van der Waals surface area contributed by atoms with E-state index in [4.69, 9.17) is 4.74 Å². The molecule has 0 saturated carbocycles. The molecule has 1 aromatic rings. The van der Waals surface area contributed by atoms with Gasteiger partial charge in [0.15, 0.2) is 0 Å². The monoisotopic (exact) mass is 217 g/mol. The van der Waals surface area contributed by atoms with E-state index in [2.05, 4.69) is 35.2 Å². The normalized spacial score (nSPS) is 30.2. The van der Waals surface area contributed by atoms with Gasteiger partial charge in [-0.2, -0.15) is 0 Å². The third-order valence-electron chi connectivity index (χ3n) is 3.68. The van der Waals surface area contributed by atoms with Gasteiger partial charge < -0.3 is 4.74 Å². The molecule has 2 unspecified atom stereocenters. The van der Waals surface area contributed by atoms with Crippen molar-refractivity contribution in [3.63, 3.8) is 0 Å². The second-order valence-electron chi connectivity index (χ2n) is 4.89. The van der Waals surface area contributed by atoms with Crippen LogP contribution in [0.2, 0.25) is 0 Å². The Morgan fingerprint density at radius 2 is 2.00 bits per heavy atom. The second kappa shape index (κ2) is 4.56. The molecule has 16 heavy (non-hydrogen) atoms. The molecular weight excluding hydrogens is 198 g/mol. The van der Waals surface area contributed by atoms with E-state index in [1.807, 2.05) is 0 Å². The smallest absolute Gasteiger partial charge is 0.0964 e. The van der Waals surface area contributed by atoms with Gasteiger partial charge in [0.05, 0.1) is 12.7 Å². The third-order valence-corrected chi connectivity index (χ3v) is 3.68. The highest BCUT2D eigenvalue weighted by Crippen LogP contribution is 2.28. The van der Waals surface area contributed by atoms with Crippen LogP contribution in [0.25, 0.3) is 0 Å². The zero-order valence-corrected chi connectivity index (χ0v) is 9.64. The molecule has 0 aromatic heterocycles. The first-order valence-corrected chi connectivity index (χ1v) is 6.33. The summed E-state index contributed by atoms with van der Waals surface area (Å²) in [6, 6.07) is 11.5. The average Bonchev–Trinajstić information content (AvgIpc) is 3.15. The first-order valence-electron chi connectivity index (χ1n) is 6.33. The van der Waals surface area contributed by atoms with Crippen molar-refractivity contribution in [3.05, 3.63) is 35.9 Å². The lowest BCUT2D eigenvalue weighted by molar-refractivity contribution is 0.113. The maximum absolute atomic E-state index is 5.47. The SMILES string of the molecule is c1ccc(CN2CCCCC2C2CO2)cc1. The number of ether oxygens (including phenoxy) is 1. The van der Waals surface area contributed by atoms with Gasteiger partial charge in [-0.05, 0) is 24.9 Å². The van der Waals surface area contributed by atoms with Gasteiger partial charge >= 0.3 is 0 Å². The maximum Gasteiger partial charge on any atom is 0.0964 e. The Hall–Kier alpha value is -0.860. The van der Waals surface area contributed by atoms with Gasteiger partial charge in [-0.25, -0.2) is 0 Å². The molecule has 2 aliphatic rings. The lowest BCUT2D eigenvalue weighted by Gasteiger charge is -2.34. The summed E-state index contributed by atoms with van der Waals surface area (Å²) in [5.74, 6) is 0. The van der Waals surface area contributed by atoms with Gasteiger partial charge in [0.1, 0.15) is 0 Å². The van der Waals surface area contributed by atoms with Crippen LogP contribution in [-0.2, 0) is 11.3 Å². The number of benzene rings is 1. The quantitative estimate of drug-likeness (QED) is 0.723. The van der Waals surface area contributed by atoms with Crippen LogP contribution in [0, 0.1) is 0 Å². The molecule has 0 bridgehead atoms. The molecule has 86 valence electrons. The molecule has 0 aliphatic carbocycles. The molecule has 0 radical (unpaired) electrons. The number of nitrogens with zero attached hydrogens (tertiary/aromatic N) is 1. The summed E-state index contributed by atoms with van der Waals surface area (Å²) < 4.78 is 5.47. The van der Waals surface area contributed by atoms with E-state index in [9.17, 15) is 0 Å². The fraction of sp³-hybridized carbons (Fsp3) is 0.571. The molecule has 1 aromatic carbocycles. The number of hydrogen-bond acceptors (Lipinski definition) is 2. The first kappa shape index (κ1) is 10.3. The summed E-state index contributed by atoms with van der Waals surface area (Å²) in [7, 11) is 0. The number of epoxide rings is 1. The van der Waals surface area contributed by atoms with E-state index in [-0.39, 0.29) is 0 Å². The van der Waals surface area contributed by atoms with Gasteiger partial charge in [-0.3, -0.25) is 4.90 Å². The van der Waals surface area contributed by atoms with Crippen molar-refractivity contribution in [2.75, 3.05) is 13.2 Å². The van der Waals surface area contributed by atoms with Crippen molar-refractivity contribution in [2.45, 2.75) is 38.0 Å². The average molecular weight is 217 g/mol. The van der Waals surface area contributed by atoms with Crippen LogP contribution in [0.5, 0.6) is 0 Å². The standard InChI is InChI=1S/C14H19NO/c1-2-6-12(7-3-1)10-15-9-5-4-8-13(15)14-11-16-14/h1-3,6-7,13-14H,4-5,8-11H2. The summed E-state index contributed by atoms with van der Waals surface area (Å²) >= 11 is 0. The fourth-order valence-electron chi connectivity index (χ4n) is 2.73. The van der Waals surface area contributed by atoms with Crippen molar-refractivity contribution in [1.82, 2.24) is 4.90 Å². The zero-order chi connectivity index (χ0) is 10.8. The molecule has 2 heterocycles. The third kappa shape index (κ3) is 2.28. The first-order chi connectivity index (χ1) is 7.93. The number of piperidine rings is 1. The Balaban J connectivity index is 1.67. The largest absolute Gasteiger partial charge is 0.371 e. The van der Waals surface area contributed by atoms with Crippen LogP contribution >= 0.6 is 0 Å². The van der Waals surface area contributed by atoms with E-state index < -0.39 is 0 Å². The summed E-state index contributed by atoms with van der Waals surface area (Å²) in [6.45, 7) is 3.31. The van der Waals surface area contributed by atoms with E-state index >= 15 is 0 Å². The Labute approximate surface area is 97.2 Å². The van der Waals surface area contributed by atoms with Crippen molar-refractivity contribution < 1.29 is 4.74 Å². The minimum Gasteiger partial charge on any atom is -0.371 e. The predicted octanol–water partition coefficient (Wildman–Crippen LogP) is 2.44. The van der Waals surface area contributed by atoms with Crippen molar-refractivity contribution in [2.24, 2.45) is 0 Å². The highest BCUT2D eigenvalue weighted by Gasteiger charge is 2.37. The van der Waals surface area contributed by atoms with E-state index in [1.165, 1.54) is 31.4 Å². The summed E-state index contributed by atoms with van der Waals surface area (Å²) in [5, 5.41) is 0. The molecule has 0 N–H and O–H groups in total. The Morgan fingerprint density at radius 3 is 2.75 bits per heavy atom. The van der Waals surface area contributed by atoms with Crippen LogP contribution in [0.15, 0.2) is 30.3 Å². The van der Waals surface area contributed by atoms with Gasteiger partial charge in [0, 0.05) is 12.6 Å². The van der Waals surface area contributed by atoms with Gasteiger partial charge in [0.2, 0.25) is 0 Å². The molecule has 0 spiro atoms. The van der Waals surface area contributed by atoms with Crippen LogP contribution < -0.4 is 0 Å². The molecule has 2 fully saturated rings. The molecule has 2 atom stereocenters. The minimum absolute atomic E-state index is 0.531. The van der Waals surface area contributed by atoms with Crippen LogP contribution in [0.4, 0.5) is 0 Å². The number of rotatable bonds is 3. The number of likely N-dealkylation sites (tertiary alicyclic amines) is 1. The lowest BCUT2D eigenvalue weighted by Crippen LogP contribution is -2.42. The minimum atomic E-state index is 0.531. The highest BCUT2D eigenvalue weighted by atomic mass is 16.6. The Kier molecular flexibility index (Phi) is 2.94. The molecule has 2 aliphatic heterocycles. The van der Waals surface area contributed by atoms with Gasteiger partial charge in [0.25, 0.3) is 0 Å². The molecule has 3 rings (SSSR count). The van der Waals surface area contributed by atoms with Crippen LogP contribution in [0.3, 0.4) is 0 Å². The molecule has 2 heteroatoms. The molecule has 0 amide bonds. The van der Waals surface area contributed by atoms with E-state index in [0.717, 1.165) is 13.2 Å². The summed E-state index contributed by atoms with van der Waals surface area (Å²) in [5.41, 5.74) is 1.43. The van der Waals surface area contributed by atoms with E-state index in [0.29, 0.717) is 12.1 Å².